The minimum atomic E-state index is -0.0705. The summed E-state index contributed by atoms with van der Waals surface area (Å²) in [6, 6.07) is 9.95. The Morgan fingerprint density at radius 3 is 2.33 bits per heavy atom. The lowest BCUT2D eigenvalue weighted by Crippen LogP contribution is -2.01. The number of hydrogen-bond donors (Lipinski definition) is 1. The van der Waals surface area contributed by atoms with Crippen LogP contribution in [-0.4, -0.2) is 11.7 Å². The molecule has 0 saturated heterocycles. The van der Waals surface area contributed by atoms with E-state index in [4.69, 9.17) is 6.42 Å². The van der Waals surface area contributed by atoms with Gasteiger partial charge in [0.1, 0.15) is 0 Å². The zero-order valence-corrected chi connectivity index (χ0v) is 9.20. The highest BCUT2D eigenvalue weighted by Gasteiger charge is 2.10. The van der Waals surface area contributed by atoms with E-state index in [2.05, 4.69) is 19.8 Å². The van der Waals surface area contributed by atoms with Crippen molar-refractivity contribution in [3.05, 3.63) is 41.5 Å². The maximum absolute atomic E-state index is 9.21. The van der Waals surface area contributed by atoms with Gasteiger partial charge in [-0.1, -0.05) is 50.1 Å². The second kappa shape index (κ2) is 5.38. The van der Waals surface area contributed by atoms with E-state index in [-0.39, 0.29) is 6.61 Å². The normalized spacial score (nSPS) is 12.2. The first-order chi connectivity index (χ1) is 7.20. The van der Waals surface area contributed by atoms with Crippen molar-refractivity contribution in [2.45, 2.75) is 13.8 Å². The Hall–Kier alpha value is -1.52. The number of allylic oxidation sites excluding steroid dienone is 1. The fourth-order valence-electron chi connectivity index (χ4n) is 1.68. The molecule has 1 N–H and O–H groups in total. The number of benzene rings is 1. The molecule has 0 saturated carbocycles. The number of rotatable bonds is 3. The Balaban J connectivity index is 3.28. The van der Waals surface area contributed by atoms with Crippen LogP contribution in [0.2, 0.25) is 0 Å². The van der Waals surface area contributed by atoms with Gasteiger partial charge < -0.3 is 5.11 Å². The maximum Gasteiger partial charge on any atom is 0.0763 e. The third kappa shape index (κ3) is 2.71. The second-order valence-electron chi connectivity index (χ2n) is 3.72. The van der Waals surface area contributed by atoms with Crippen molar-refractivity contribution in [2.24, 2.45) is 5.92 Å². The third-order valence-corrected chi connectivity index (χ3v) is 2.32. The Bertz CT molecular complexity index is 380. The van der Waals surface area contributed by atoms with Crippen LogP contribution in [0.25, 0.3) is 5.57 Å². The molecule has 0 aliphatic carbocycles. The molecule has 0 unspecified atom stereocenters. The van der Waals surface area contributed by atoms with Crippen LogP contribution < -0.4 is 0 Å². The van der Waals surface area contributed by atoms with Crippen LogP contribution in [0.1, 0.15) is 19.4 Å². The first kappa shape index (κ1) is 11.6. The molecule has 0 radical (unpaired) electrons. The maximum atomic E-state index is 9.21. The van der Waals surface area contributed by atoms with Crippen molar-refractivity contribution in [1.29, 1.82) is 0 Å². The van der Waals surface area contributed by atoms with Crippen LogP contribution >= 0.6 is 0 Å². The molecular weight excluding hydrogens is 184 g/mol. The van der Waals surface area contributed by atoms with E-state index in [1.54, 1.807) is 0 Å². The summed E-state index contributed by atoms with van der Waals surface area (Å²) in [4.78, 5) is 0. The average Bonchev–Trinajstić information content (AvgIpc) is 2.26. The van der Waals surface area contributed by atoms with Crippen LogP contribution in [0.5, 0.6) is 0 Å². The van der Waals surface area contributed by atoms with Crippen molar-refractivity contribution >= 4 is 5.57 Å². The zero-order valence-electron chi connectivity index (χ0n) is 9.20. The summed E-state index contributed by atoms with van der Waals surface area (Å²) in [5.74, 6) is 2.87. The van der Waals surface area contributed by atoms with Gasteiger partial charge in [0.05, 0.1) is 6.61 Å². The highest BCUT2D eigenvalue weighted by Crippen LogP contribution is 2.26. The predicted molar refractivity (Wildman–Crippen MR) is 64.1 cm³/mol. The molecular formula is C14H16O. The first-order valence-corrected chi connectivity index (χ1v) is 5.06. The Kier molecular flexibility index (Phi) is 4.15. The fourth-order valence-corrected chi connectivity index (χ4v) is 1.68. The van der Waals surface area contributed by atoms with Gasteiger partial charge in [0, 0.05) is 5.57 Å². The Morgan fingerprint density at radius 1 is 1.33 bits per heavy atom. The molecule has 0 bridgehead atoms. The fraction of sp³-hybridized carbons (Fsp3) is 0.286. The van der Waals surface area contributed by atoms with Gasteiger partial charge in [0.25, 0.3) is 0 Å². The van der Waals surface area contributed by atoms with E-state index in [1.807, 2.05) is 30.3 Å². The van der Waals surface area contributed by atoms with Crippen LogP contribution in [0.4, 0.5) is 0 Å². The lowest BCUT2D eigenvalue weighted by molar-refractivity contribution is 0.336. The van der Waals surface area contributed by atoms with E-state index in [0.29, 0.717) is 11.5 Å². The molecule has 0 aliphatic heterocycles. The third-order valence-electron chi connectivity index (χ3n) is 2.32. The van der Waals surface area contributed by atoms with Gasteiger partial charge in [-0.15, -0.1) is 6.42 Å². The van der Waals surface area contributed by atoms with Gasteiger partial charge >= 0.3 is 0 Å². The monoisotopic (exact) mass is 200 g/mol. The summed E-state index contributed by atoms with van der Waals surface area (Å²) in [7, 11) is 0. The predicted octanol–water partition coefficient (Wildman–Crippen LogP) is 2.72. The van der Waals surface area contributed by atoms with Crippen molar-refractivity contribution in [2.75, 3.05) is 6.61 Å². The number of aliphatic hydroxyl groups is 1. The van der Waals surface area contributed by atoms with E-state index in [0.717, 1.165) is 11.1 Å². The van der Waals surface area contributed by atoms with Gasteiger partial charge in [0.2, 0.25) is 0 Å². The summed E-state index contributed by atoms with van der Waals surface area (Å²) in [6.07, 6.45) is 5.39. The number of terminal acetylenes is 1. The van der Waals surface area contributed by atoms with Gasteiger partial charge in [-0.25, -0.2) is 0 Å². The summed E-state index contributed by atoms with van der Waals surface area (Å²) in [5, 5.41) is 9.21. The molecule has 1 aromatic carbocycles. The van der Waals surface area contributed by atoms with E-state index < -0.39 is 0 Å². The minimum Gasteiger partial charge on any atom is -0.391 e. The van der Waals surface area contributed by atoms with Crippen LogP contribution in [0.3, 0.4) is 0 Å². The highest BCUT2D eigenvalue weighted by molar-refractivity contribution is 5.73. The van der Waals surface area contributed by atoms with Crippen LogP contribution in [-0.2, 0) is 0 Å². The van der Waals surface area contributed by atoms with Gasteiger partial charge in [-0.05, 0) is 17.1 Å². The second-order valence-corrected chi connectivity index (χ2v) is 3.72. The van der Waals surface area contributed by atoms with E-state index >= 15 is 0 Å². The molecule has 1 heteroatoms. The standard InChI is InChI=1S/C14H16O/c1-4-12(10-15)14(11(2)3)13-8-6-5-7-9-13/h1,5-9,11,15H,10H2,2-3H3/b14-12+. The summed E-state index contributed by atoms with van der Waals surface area (Å²) >= 11 is 0. The van der Waals surface area contributed by atoms with Crippen molar-refractivity contribution in [3.63, 3.8) is 0 Å². The average molecular weight is 200 g/mol. The Labute approximate surface area is 91.5 Å². The molecule has 0 aromatic heterocycles. The molecule has 1 nitrogen and oxygen atoms in total. The quantitative estimate of drug-likeness (QED) is 0.744. The van der Waals surface area contributed by atoms with Gasteiger partial charge in [0.15, 0.2) is 0 Å². The topological polar surface area (TPSA) is 20.2 Å². The van der Waals surface area contributed by atoms with Crippen molar-refractivity contribution < 1.29 is 5.11 Å². The van der Waals surface area contributed by atoms with E-state index in [9.17, 15) is 5.11 Å². The minimum absolute atomic E-state index is 0.0705. The van der Waals surface area contributed by atoms with Crippen LogP contribution in [0.15, 0.2) is 35.9 Å². The Morgan fingerprint density at radius 2 is 1.93 bits per heavy atom. The SMILES string of the molecule is C#C/C(CO)=C(\c1ccccc1)C(C)C. The molecule has 0 amide bonds. The molecule has 0 atom stereocenters. The lowest BCUT2D eigenvalue weighted by Gasteiger charge is -2.14. The molecule has 0 spiro atoms. The highest BCUT2D eigenvalue weighted by atomic mass is 16.3. The molecule has 0 fully saturated rings. The van der Waals surface area contributed by atoms with Gasteiger partial charge in [-0.2, -0.15) is 0 Å². The number of aliphatic hydroxyl groups excluding tert-OH is 1. The van der Waals surface area contributed by atoms with Crippen LogP contribution in [0, 0.1) is 18.3 Å². The first-order valence-electron chi connectivity index (χ1n) is 5.06. The molecule has 0 heterocycles. The zero-order chi connectivity index (χ0) is 11.3. The molecule has 1 aromatic rings. The molecule has 78 valence electrons. The number of hydrogen-bond acceptors (Lipinski definition) is 1. The van der Waals surface area contributed by atoms with E-state index in [1.165, 1.54) is 0 Å². The van der Waals surface area contributed by atoms with Crippen molar-refractivity contribution in [1.82, 2.24) is 0 Å². The van der Waals surface area contributed by atoms with Gasteiger partial charge in [-0.3, -0.25) is 0 Å². The molecule has 15 heavy (non-hydrogen) atoms. The summed E-state index contributed by atoms with van der Waals surface area (Å²) < 4.78 is 0. The van der Waals surface area contributed by atoms with Crippen molar-refractivity contribution in [3.8, 4) is 12.3 Å². The smallest absolute Gasteiger partial charge is 0.0763 e. The largest absolute Gasteiger partial charge is 0.391 e. The molecule has 1 rings (SSSR count). The summed E-state index contributed by atoms with van der Waals surface area (Å²) in [5.41, 5.74) is 2.83. The molecule has 0 aliphatic rings. The lowest BCUT2D eigenvalue weighted by atomic mass is 9.91. The summed E-state index contributed by atoms with van der Waals surface area (Å²) in [6.45, 7) is 4.09.